The normalized spacial score (nSPS) is 15.0. The van der Waals surface area contributed by atoms with Crippen LogP contribution >= 0.6 is 23.5 Å². The summed E-state index contributed by atoms with van der Waals surface area (Å²) in [7, 11) is 0. The summed E-state index contributed by atoms with van der Waals surface area (Å²) in [4.78, 5) is 20.1. The third kappa shape index (κ3) is 6.63. The molecule has 0 spiro atoms. The zero-order valence-electron chi connectivity index (χ0n) is 17.1. The maximum absolute atomic E-state index is 14.4. The summed E-state index contributed by atoms with van der Waals surface area (Å²) < 4.78 is 57.6. The minimum absolute atomic E-state index is 0.103. The molecule has 1 N–H and O–H groups in total. The smallest absolute Gasteiger partial charge is 0.404 e. The van der Waals surface area contributed by atoms with E-state index in [0.29, 0.717) is 54.9 Å². The molecule has 0 unspecified atom stereocenters. The number of halogens is 5. The molecular formula is C20H21ClF4N4O2S. The zero-order valence-corrected chi connectivity index (χ0v) is 18.7. The molecule has 1 aliphatic rings. The van der Waals surface area contributed by atoms with Crippen molar-refractivity contribution in [3.63, 3.8) is 0 Å². The monoisotopic (exact) mass is 492 g/mol. The van der Waals surface area contributed by atoms with Crippen molar-refractivity contribution in [3.05, 3.63) is 52.4 Å². The molecule has 0 saturated carbocycles. The van der Waals surface area contributed by atoms with Gasteiger partial charge < -0.3 is 9.64 Å². The lowest BCUT2D eigenvalue weighted by Gasteiger charge is -2.35. The number of pyridine rings is 1. The fraction of sp³-hybridized carbons (Fsp3) is 0.400. The van der Waals surface area contributed by atoms with E-state index in [1.165, 1.54) is 36.2 Å². The van der Waals surface area contributed by atoms with Crippen LogP contribution in [0, 0.1) is 5.82 Å². The van der Waals surface area contributed by atoms with Gasteiger partial charge in [-0.2, -0.15) is 0 Å². The van der Waals surface area contributed by atoms with Gasteiger partial charge in [-0.25, -0.2) is 9.37 Å². The summed E-state index contributed by atoms with van der Waals surface area (Å²) in [6, 6.07) is 5.31. The van der Waals surface area contributed by atoms with E-state index in [1.807, 2.05) is 11.8 Å². The SMILES string of the molecule is CCSNC(=O)c1cc(Cl)c(CN2CCN(c3ccc(OC(F)(F)F)cn3)CC2)cc1F. The number of amides is 1. The van der Waals surface area contributed by atoms with E-state index in [0.717, 1.165) is 6.20 Å². The summed E-state index contributed by atoms with van der Waals surface area (Å²) in [5.41, 5.74) is 0.470. The molecule has 0 bridgehead atoms. The molecule has 32 heavy (non-hydrogen) atoms. The third-order valence-electron chi connectivity index (χ3n) is 4.73. The average Bonchev–Trinajstić information content (AvgIpc) is 2.74. The van der Waals surface area contributed by atoms with Gasteiger partial charge in [-0.3, -0.25) is 14.4 Å². The quantitative estimate of drug-likeness (QED) is 0.454. The fourth-order valence-corrected chi connectivity index (χ4v) is 3.81. The molecule has 0 atom stereocenters. The van der Waals surface area contributed by atoms with Crippen LogP contribution in [-0.4, -0.2) is 54.1 Å². The van der Waals surface area contributed by atoms with E-state index in [2.05, 4.69) is 19.3 Å². The van der Waals surface area contributed by atoms with Crippen molar-refractivity contribution in [1.29, 1.82) is 0 Å². The van der Waals surface area contributed by atoms with Gasteiger partial charge in [0.2, 0.25) is 0 Å². The van der Waals surface area contributed by atoms with Gasteiger partial charge in [0, 0.05) is 43.5 Å². The topological polar surface area (TPSA) is 57.7 Å². The second-order valence-electron chi connectivity index (χ2n) is 6.95. The highest BCUT2D eigenvalue weighted by atomic mass is 35.5. The second-order valence-corrected chi connectivity index (χ2v) is 8.43. The summed E-state index contributed by atoms with van der Waals surface area (Å²) in [6.45, 7) is 4.68. The zero-order chi connectivity index (χ0) is 23.3. The maximum Gasteiger partial charge on any atom is 0.573 e. The highest BCUT2D eigenvalue weighted by Crippen LogP contribution is 2.26. The Morgan fingerprint density at radius 3 is 2.56 bits per heavy atom. The van der Waals surface area contributed by atoms with E-state index in [-0.39, 0.29) is 11.3 Å². The first-order chi connectivity index (χ1) is 15.2. The summed E-state index contributed by atoms with van der Waals surface area (Å²) >= 11 is 7.47. The molecule has 1 aromatic heterocycles. The van der Waals surface area contributed by atoms with Crippen LogP contribution in [0.5, 0.6) is 5.75 Å². The number of alkyl halides is 3. The highest BCUT2D eigenvalue weighted by molar-refractivity contribution is 7.97. The molecule has 2 aromatic rings. The Morgan fingerprint density at radius 2 is 1.97 bits per heavy atom. The Kier molecular flexibility index (Phi) is 8.07. The van der Waals surface area contributed by atoms with Crippen molar-refractivity contribution in [1.82, 2.24) is 14.6 Å². The molecular weight excluding hydrogens is 472 g/mol. The van der Waals surface area contributed by atoms with Crippen molar-refractivity contribution < 1.29 is 27.1 Å². The molecule has 1 saturated heterocycles. The molecule has 2 heterocycles. The van der Waals surface area contributed by atoms with Gasteiger partial charge in [0.15, 0.2) is 0 Å². The van der Waals surface area contributed by atoms with Gasteiger partial charge in [0.1, 0.15) is 17.4 Å². The van der Waals surface area contributed by atoms with Crippen LogP contribution in [0.15, 0.2) is 30.5 Å². The lowest BCUT2D eigenvalue weighted by molar-refractivity contribution is -0.274. The first-order valence-corrected chi connectivity index (χ1v) is 11.1. The van der Waals surface area contributed by atoms with Crippen molar-refractivity contribution >= 4 is 35.3 Å². The summed E-state index contributed by atoms with van der Waals surface area (Å²) in [5.74, 6) is -0.338. The number of anilines is 1. The van der Waals surface area contributed by atoms with Crippen LogP contribution in [0.25, 0.3) is 0 Å². The number of benzene rings is 1. The van der Waals surface area contributed by atoms with Gasteiger partial charge in [0.05, 0.1) is 11.8 Å². The van der Waals surface area contributed by atoms with E-state index in [9.17, 15) is 22.4 Å². The predicted molar refractivity (Wildman–Crippen MR) is 115 cm³/mol. The second kappa shape index (κ2) is 10.6. The molecule has 1 aromatic carbocycles. The van der Waals surface area contributed by atoms with E-state index < -0.39 is 18.1 Å². The number of piperazine rings is 1. The minimum atomic E-state index is -4.76. The van der Waals surface area contributed by atoms with Crippen LogP contribution in [0.3, 0.4) is 0 Å². The van der Waals surface area contributed by atoms with Crippen molar-refractivity contribution in [2.75, 3.05) is 36.8 Å². The number of aromatic nitrogens is 1. The lowest BCUT2D eigenvalue weighted by atomic mass is 10.1. The fourth-order valence-electron chi connectivity index (χ4n) is 3.21. The van der Waals surface area contributed by atoms with Crippen LogP contribution in [-0.2, 0) is 6.54 Å². The lowest BCUT2D eigenvalue weighted by Crippen LogP contribution is -2.46. The third-order valence-corrected chi connectivity index (χ3v) is 5.70. The number of hydrogen-bond acceptors (Lipinski definition) is 6. The Hall–Kier alpha value is -2.24. The van der Waals surface area contributed by atoms with E-state index in [1.54, 1.807) is 0 Å². The molecule has 0 aliphatic carbocycles. The first kappa shape index (κ1) is 24.4. The Balaban J connectivity index is 1.57. The van der Waals surface area contributed by atoms with Crippen LogP contribution in [0.1, 0.15) is 22.8 Å². The molecule has 1 fully saturated rings. The van der Waals surface area contributed by atoms with Crippen molar-refractivity contribution in [2.45, 2.75) is 19.8 Å². The number of nitrogens with zero attached hydrogens (tertiary/aromatic N) is 3. The Labute approximate surface area is 192 Å². The molecule has 1 amide bonds. The molecule has 3 rings (SSSR count). The van der Waals surface area contributed by atoms with Gasteiger partial charge in [-0.05, 0) is 29.8 Å². The van der Waals surface area contributed by atoms with Gasteiger partial charge >= 0.3 is 6.36 Å². The van der Waals surface area contributed by atoms with E-state index >= 15 is 0 Å². The summed E-state index contributed by atoms with van der Waals surface area (Å²) in [5, 5.41) is 0.308. The number of nitrogens with one attached hydrogen (secondary N) is 1. The summed E-state index contributed by atoms with van der Waals surface area (Å²) in [6.07, 6.45) is -3.72. The van der Waals surface area contributed by atoms with Crippen LogP contribution < -0.4 is 14.4 Å². The predicted octanol–water partition coefficient (Wildman–Crippen LogP) is 4.49. The molecule has 1 aliphatic heterocycles. The standard InChI is InChI=1S/C20H21ClF4N4O2S/c1-2-32-27-19(30)15-10-16(21)13(9-17(15)22)12-28-5-7-29(8-6-28)18-4-3-14(11-26-18)31-20(23,24)25/h3-4,9-11H,2,5-8,12H2,1H3,(H,27,30). The van der Waals surface area contributed by atoms with Gasteiger partial charge in [-0.1, -0.05) is 30.5 Å². The largest absolute Gasteiger partial charge is 0.573 e. The minimum Gasteiger partial charge on any atom is -0.404 e. The molecule has 0 radical (unpaired) electrons. The number of ether oxygens (including phenoxy) is 1. The first-order valence-electron chi connectivity index (χ1n) is 9.75. The molecule has 6 nitrogen and oxygen atoms in total. The number of hydrogen-bond donors (Lipinski definition) is 1. The van der Waals surface area contributed by atoms with Crippen LogP contribution in [0.4, 0.5) is 23.4 Å². The average molecular weight is 493 g/mol. The van der Waals surface area contributed by atoms with E-state index in [4.69, 9.17) is 11.6 Å². The van der Waals surface area contributed by atoms with Crippen molar-refractivity contribution in [3.8, 4) is 5.75 Å². The molecule has 12 heteroatoms. The van der Waals surface area contributed by atoms with Gasteiger partial charge in [0.25, 0.3) is 5.91 Å². The molecule has 174 valence electrons. The van der Waals surface area contributed by atoms with Crippen LogP contribution in [0.2, 0.25) is 5.02 Å². The number of rotatable bonds is 7. The maximum atomic E-state index is 14.4. The number of carbonyl (C=O) groups is 1. The highest BCUT2D eigenvalue weighted by Gasteiger charge is 2.31. The van der Waals surface area contributed by atoms with Crippen molar-refractivity contribution in [2.24, 2.45) is 0 Å². The Morgan fingerprint density at radius 1 is 1.25 bits per heavy atom. The Bertz CT molecular complexity index is 938. The number of carbonyl (C=O) groups excluding carboxylic acids is 1. The van der Waals surface area contributed by atoms with Gasteiger partial charge in [-0.15, -0.1) is 13.2 Å².